The molecule has 0 radical (unpaired) electrons. The van der Waals surface area contributed by atoms with Crippen LogP contribution >= 0.6 is 0 Å². The van der Waals surface area contributed by atoms with Crippen LogP contribution in [0, 0.1) is 0 Å². The quantitative estimate of drug-likeness (QED) is 0.662. The summed E-state index contributed by atoms with van der Waals surface area (Å²) in [6.45, 7) is 7.71. The fourth-order valence-corrected chi connectivity index (χ4v) is 2.83. The van der Waals surface area contributed by atoms with Gasteiger partial charge in [-0.3, -0.25) is 4.79 Å². The van der Waals surface area contributed by atoms with E-state index in [1.807, 2.05) is 0 Å². The van der Waals surface area contributed by atoms with Crippen molar-refractivity contribution in [3.8, 4) is 0 Å². The summed E-state index contributed by atoms with van der Waals surface area (Å²) in [6, 6.07) is -0.718. The monoisotopic (exact) mass is 326 g/mol. The minimum Gasteiger partial charge on any atom is -0.463 e. The van der Waals surface area contributed by atoms with Crippen molar-refractivity contribution in [2.75, 3.05) is 6.61 Å². The second-order valence-electron chi connectivity index (χ2n) is 5.93. The average molecular weight is 326 g/mol. The molecule has 6 nitrogen and oxygen atoms in total. The topological polar surface area (TPSA) is 90.7 Å². The summed E-state index contributed by atoms with van der Waals surface area (Å²) >= 11 is 0. The van der Waals surface area contributed by atoms with Crippen molar-refractivity contribution in [2.24, 2.45) is 5.73 Å². The number of hydrogen-bond donors (Lipinski definition) is 2. The lowest BCUT2D eigenvalue weighted by atomic mass is 9.88. The van der Waals surface area contributed by atoms with Crippen molar-refractivity contribution in [1.29, 1.82) is 0 Å². The molecule has 0 fully saturated rings. The van der Waals surface area contributed by atoms with Gasteiger partial charge in [0.25, 0.3) is 0 Å². The summed E-state index contributed by atoms with van der Waals surface area (Å²) in [5.74, 6) is -0.517. The van der Waals surface area contributed by atoms with Gasteiger partial charge in [-0.2, -0.15) is 0 Å². The van der Waals surface area contributed by atoms with E-state index >= 15 is 0 Å². The van der Waals surface area contributed by atoms with E-state index in [2.05, 4.69) is 19.2 Å². The maximum Gasteiger partial charge on any atom is 0.333 e. The van der Waals surface area contributed by atoms with Crippen molar-refractivity contribution in [1.82, 2.24) is 5.32 Å². The standard InChI is InChI=1S/C17H30N2O4/c1-5-8-13(6-2)23-15-10-12(17(21)22-7-3)9-14(18)16(15)19-11(4)20/h10,13-16H,5-9,18H2,1-4H3,(H,19,20)/t13?,14-,15+,16+/m0/s1. The minimum atomic E-state index is -0.418. The van der Waals surface area contributed by atoms with Gasteiger partial charge in [0.2, 0.25) is 5.91 Å². The number of carbonyl (C=O) groups excluding carboxylic acids is 2. The molecule has 0 saturated heterocycles. The van der Waals surface area contributed by atoms with E-state index in [4.69, 9.17) is 15.2 Å². The maximum absolute atomic E-state index is 12.0. The third-order valence-corrected chi connectivity index (χ3v) is 3.96. The van der Waals surface area contributed by atoms with Crippen molar-refractivity contribution in [3.63, 3.8) is 0 Å². The molecular weight excluding hydrogens is 296 g/mol. The van der Waals surface area contributed by atoms with Crippen LogP contribution in [0.5, 0.6) is 0 Å². The summed E-state index contributed by atoms with van der Waals surface area (Å²) in [5, 5.41) is 2.86. The van der Waals surface area contributed by atoms with Crippen molar-refractivity contribution in [2.45, 2.75) is 77.7 Å². The first-order valence-corrected chi connectivity index (χ1v) is 8.48. The number of nitrogens with two attached hydrogens (primary N) is 1. The second kappa shape index (κ2) is 9.67. The van der Waals surface area contributed by atoms with Crippen LogP contribution < -0.4 is 11.1 Å². The van der Waals surface area contributed by atoms with Crippen molar-refractivity contribution < 1.29 is 19.1 Å². The third kappa shape index (κ3) is 5.95. The number of nitrogens with one attached hydrogen (secondary N) is 1. The van der Waals surface area contributed by atoms with Crippen LogP contribution in [0.4, 0.5) is 0 Å². The van der Waals surface area contributed by atoms with E-state index in [1.165, 1.54) is 6.92 Å². The van der Waals surface area contributed by atoms with E-state index < -0.39 is 6.10 Å². The number of carbonyl (C=O) groups is 2. The van der Waals surface area contributed by atoms with Crippen LogP contribution in [0.1, 0.15) is 53.4 Å². The molecule has 132 valence electrons. The third-order valence-electron chi connectivity index (χ3n) is 3.96. The largest absolute Gasteiger partial charge is 0.463 e. The highest BCUT2D eigenvalue weighted by Gasteiger charge is 2.35. The zero-order chi connectivity index (χ0) is 17.4. The number of esters is 1. The van der Waals surface area contributed by atoms with Gasteiger partial charge < -0.3 is 20.5 Å². The molecule has 23 heavy (non-hydrogen) atoms. The highest BCUT2D eigenvalue weighted by Crippen LogP contribution is 2.24. The van der Waals surface area contributed by atoms with Crippen LogP contribution in [0.25, 0.3) is 0 Å². The lowest BCUT2D eigenvalue weighted by Crippen LogP contribution is -2.57. The maximum atomic E-state index is 12.0. The molecule has 1 aliphatic rings. The Kier molecular flexibility index (Phi) is 8.26. The molecule has 0 aromatic rings. The molecular formula is C17H30N2O4. The highest BCUT2D eigenvalue weighted by molar-refractivity contribution is 5.89. The Morgan fingerprint density at radius 2 is 2.09 bits per heavy atom. The fraction of sp³-hybridized carbons (Fsp3) is 0.765. The van der Waals surface area contributed by atoms with Crippen LogP contribution in [0.15, 0.2) is 11.6 Å². The molecule has 0 aromatic carbocycles. The van der Waals surface area contributed by atoms with Crippen LogP contribution in [0.3, 0.4) is 0 Å². The molecule has 1 unspecified atom stereocenters. The van der Waals surface area contributed by atoms with E-state index in [-0.39, 0.29) is 30.1 Å². The highest BCUT2D eigenvalue weighted by atomic mass is 16.5. The van der Waals surface area contributed by atoms with Gasteiger partial charge in [-0.1, -0.05) is 20.3 Å². The van der Waals surface area contributed by atoms with Crippen LogP contribution in [-0.4, -0.2) is 42.8 Å². The Hall–Kier alpha value is -1.40. The Labute approximate surface area is 138 Å². The molecule has 6 heteroatoms. The van der Waals surface area contributed by atoms with E-state index in [9.17, 15) is 9.59 Å². The summed E-state index contributed by atoms with van der Waals surface area (Å²) in [4.78, 5) is 23.5. The molecule has 0 aromatic heterocycles. The number of rotatable bonds is 8. The zero-order valence-corrected chi connectivity index (χ0v) is 14.6. The Bertz CT molecular complexity index is 436. The minimum absolute atomic E-state index is 0.0752. The summed E-state index contributed by atoms with van der Waals surface area (Å²) in [7, 11) is 0. The molecule has 0 aliphatic heterocycles. The van der Waals surface area contributed by atoms with Crippen molar-refractivity contribution >= 4 is 11.9 Å². The Morgan fingerprint density at radius 1 is 1.39 bits per heavy atom. The predicted octanol–water partition coefficient (Wildman–Crippen LogP) is 1.68. The summed E-state index contributed by atoms with van der Waals surface area (Å²) in [6.07, 6.45) is 4.60. The van der Waals surface area contributed by atoms with Gasteiger partial charge >= 0.3 is 5.97 Å². The first-order valence-electron chi connectivity index (χ1n) is 8.48. The second-order valence-corrected chi connectivity index (χ2v) is 5.93. The normalized spacial score (nSPS) is 25.4. The van der Waals surface area contributed by atoms with Gasteiger partial charge in [-0.15, -0.1) is 0 Å². The summed E-state index contributed by atoms with van der Waals surface area (Å²) in [5.41, 5.74) is 6.72. The molecule has 0 spiro atoms. The summed E-state index contributed by atoms with van der Waals surface area (Å²) < 4.78 is 11.2. The van der Waals surface area contributed by atoms with Gasteiger partial charge in [-0.25, -0.2) is 4.79 Å². The predicted molar refractivity (Wildman–Crippen MR) is 88.8 cm³/mol. The average Bonchev–Trinajstić information content (AvgIpc) is 2.49. The first-order chi connectivity index (χ1) is 10.9. The Morgan fingerprint density at radius 3 is 2.61 bits per heavy atom. The van der Waals surface area contributed by atoms with E-state index in [1.54, 1.807) is 13.0 Å². The molecule has 0 bridgehead atoms. The molecule has 0 saturated carbocycles. The van der Waals surface area contributed by atoms with Crippen molar-refractivity contribution in [3.05, 3.63) is 11.6 Å². The fourth-order valence-electron chi connectivity index (χ4n) is 2.83. The van der Waals surface area contributed by atoms with Gasteiger partial charge in [0.05, 0.1) is 24.9 Å². The zero-order valence-electron chi connectivity index (χ0n) is 14.6. The lowest BCUT2D eigenvalue weighted by molar-refractivity contribution is -0.139. The van der Waals surface area contributed by atoms with Gasteiger partial charge in [-0.05, 0) is 32.3 Å². The molecule has 0 heterocycles. The lowest BCUT2D eigenvalue weighted by Gasteiger charge is -2.36. The molecule has 4 atom stereocenters. The van der Waals surface area contributed by atoms with Gasteiger partial charge in [0.15, 0.2) is 0 Å². The van der Waals surface area contributed by atoms with Gasteiger partial charge in [0.1, 0.15) is 0 Å². The molecule has 1 rings (SSSR count). The SMILES string of the molecule is CCCC(CC)O[C@@H]1C=C(C(=O)OCC)C[C@H](N)[C@H]1NC(C)=O. The Balaban J connectivity index is 2.98. The molecule has 3 N–H and O–H groups in total. The van der Waals surface area contributed by atoms with Gasteiger partial charge in [0, 0.05) is 18.5 Å². The number of hydrogen-bond acceptors (Lipinski definition) is 5. The smallest absolute Gasteiger partial charge is 0.333 e. The first kappa shape index (κ1) is 19.6. The number of amides is 1. The molecule has 1 amide bonds. The van der Waals surface area contributed by atoms with Crippen LogP contribution in [0.2, 0.25) is 0 Å². The van der Waals surface area contributed by atoms with Crippen LogP contribution in [-0.2, 0) is 19.1 Å². The van der Waals surface area contributed by atoms with E-state index in [0.29, 0.717) is 18.6 Å². The number of ether oxygens (including phenoxy) is 2. The molecule has 1 aliphatic carbocycles. The van der Waals surface area contributed by atoms with E-state index in [0.717, 1.165) is 19.3 Å².